The van der Waals surface area contributed by atoms with Crippen LogP contribution in [0.2, 0.25) is 0 Å². The van der Waals surface area contributed by atoms with Gasteiger partial charge in [-0.25, -0.2) is 18.9 Å². The minimum absolute atomic E-state index is 0.0990. The van der Waals surface area contributed by atoms with Gasteiger partial charge in [0.2, 0.25) is 0 Å². The Morgan fingerprint density at radius 2 is 1.88 bits per heavy atom. The fourth-order valence-corrected chi connectivity index (χ4v) is 4.68. The van der Waals surface area contributed by atoms with E-state index in [-0.39, 0.29) is 18.0 Å². The molecule has 2 aliphatic rings. The summed E-state index contributed by atoms with van der Waals surface area (Å²) in [6.07, 6.45) is 3.50. The molecule has 1 aromatic carbocycles. The van der Waals surface area contributed by atoms with Gasteiger partial charge in [0.05, 0.1) is 24.0 Å². The number of fused-ring (bicyclic) bond motifs is 1. The highest BCUT2D eigenvalue weighted by Crippen LogP contribution is 2.35. The molecule has 4 aromatic rings. The Morgan fingerprint density at radius 3 is 2.72 bits per heavy atom. The van der Waals surface area contributed by atoms with E-state index in [1.165, 1.54) is 6.07 Å². The average molecular weight is 430 g/mol. The number of β-amino-alcohol motifs (C(OH)–C–C–N with tert-alkyl or cyclic N) is 1. The van der Waals surface area contributed by atoms with Gasteiger partial charge in [0.15, 0.2) is 5.65 Å². The van der Waals surface area contributed by atoms with Gasteiger partial charge in [-0.2, -0.15) is 0 Å². The van der Waals surface area contributed by atoms with Crippen molar-refractivity contribution in [2.24, 2.45) is 0 Å². The Balaban J connectivity index is 1.36. The molecule has 1 N–H and O–H groups in total. The quantitative estimate of drug-likeness (QED) is 0.535. The molecule has 1 atom stereocenters. The Labute approximate surface area is 184 Å². The van der Waals surface area contributed by atoms with Crippen LogP contribution in [-0.4, -0.2) is 50.4 Å². The number of hydrogen-bond donors (Lipinski definition) is 1. The number of halogens is 1. The number of benzene rings is 1. The van der Waals surface area contributed by atoms with Gasteiger partial charge in [-0.15, -0.1) is 5.10 Å². The van der Waals surface area contributed by atoms with Crippen LogP contribution < -0.4 is 9.80 Å². The normalized spacial score (nSPS) is 19.0. The summed E-state index contributed by atoms with van der Waals surface area (Å²) in [6.45, 7) is 2.07. The first-order chi connectivity index (χ1) is 15.7. The molecule has 0 amide bonds. The maximum Gasteiger partial charge on any atom is 0.154 e. The fraction of sp³-hybridized carbons (Fsp3) is 0.292. The minimum Gasteiger partial charge on any atom is -0.389 e. The Morgan fingerprint density at radius 1 is 1.00 bits per heavy atom. The highest BCUT2D eigenvalue weighted by molar-refractivity contribution is 5.63. The molecule has 3 aromatic heterocycles. The molecule has 1 unspecified atom stereocenters. The van der Waals surface area contributed by atoms with E-state index in [2.05, 4.69) is 9.88 Å². The molecule has 0 spiro atoms. The zero-order chi connectivity index (χ0) is 21.7. The first kappa shape index (κ1) is 19.2. The molecule has 7 nitrogen and oxygen atoms in total. The summed E-state index contributed by atoms with van der Waals surface area (Å²) in [5.41, 5.74) is 3.31. The number of hydrogen-bond acceptors (Lipinski definition) is 6. The SMILES string of the molecule is OC1CN(c2cccc(-c3cnc4ccc(N5CCCC5c5cccc(F)c5)nn34)n2)C1. The largest absolute Gasteiger partial charge is 0.389 e. The molecule has 162 valence electrons. The van der Waals surface area contributed by atoms with Crippen LogP contribution in [0.4, 0.5) is 16.0 Å². The van der Waals surface area contributed by atoms with E-state index in [0.717, 1.165) is 53.6 Å². The second-order valence-corrected chi connectivity index (χ2v) is 8.45. The van der Waals surface area contributed by atoms with E-state index < -0.39 is 0 Å². The number of aromatic nitrogens is 4. The van der Waals surface area contributed by atoms with Crippen LogP contribution in [0.1, 0.15) is 24.4 Å². The summed E-state index contributed by atoms with van der Waals surface area (Å²) in [6, 6.07) is 16.7. The van der Waals surface area contributed by atoms with Crippen molar-refractivity contribution in [3.63, 3.8) is 0 Å². The maximum absolute atomic E-state index is 13.8. The van der Waals surface area contributed by atoms with Crippen LogP contribution in [0, 0.1) is 5.82 Å². The first-order valence-electron chi connectivity index (χ1n) is 10.9. The van der Waals surface area contributed by atoms with Crippen LogP contribution in [0.15, 0.2) is 60.8 Å². The summed E-state index contributed by atoms with van der Waals surface area (Å²) in [5, 5.41) is 14.5. The lowest BCUT2D eigenvalue weighted by Gasteiger charge is -2.36. The van der Waals surface area contributed by atoms with Crippen molar-refractivity contribution < 1.29 is 9.50 Å². The summed E-state index contributed by atoms with van der Waals surface area (Å²) >= 11 is 0. The van der Waals surface area contributed by atoms with Crippen LogP contribution in [0.25, 0.3) is 17.0 Å². The topological polar surface area (TPSA) is 69.8 Å². The van der Waals surface area contributed by atoms with E-state index in [9.17, 15) is 9.50 Å². The number of aliphatic hydroxyl groups excluding tert-OH is 1. The number of aliphatic hydroxyl groups is 1. The summed E-state index contributed by atoms with van der Waals surface area (Å²) in [4.78, 5) is 13.6. The van der Waals surface area contributed by atoms with Crippen molar-refractivity contribution >= 4 is 17.3 Å². The third-order valence-corrected chi connectivity index (χ3v) is 6.31. The molecule has 0 saturated carbocycles. The zero-order valence-electron chi connectivity index (χ0n) is 17.5. The molecular weight excluding hydrogens is 407 g/mol. The molecule has 6 rings (SSSR count). The summed E-state index contributed by atoms with van der Waals surface area (Å²) in [5.74, 6) is 1.46. The molecule has 2 fully saturated rings. The zero-order valence-corrected chi connectivity index (χ0v) is 17.5. The minimum atomic E-state index is -0.285. The van der Waals surface area contributed by atoms with Gasteiger partial charge < -0.3 is 14.9 Å². The standard InChI is InChI=1S/C24H23FN6O/c25-17-5-1-4-16(12-17)20-7-3-11-30(20)24-10-9-22-26-13-21(31(22)28-24)19-6-2-8-23(27-19)29-14-18(32)15-29/h1-2,4-6,8-10,12-13,18,20,32H,3,7,11,14-15H2. The third-order valence-electron chi connectivity index (χ3n) is 6.31. The van der Waals surface area contributed by atoms with E-state index in [4.69, 9.17) is 10.1 Å². The second-order valence-electron chi connectivity index (χ2n) is 8.45. The molecule has 0 aliphatic carbocycles. The molecule has 2 saturated heterocycles. The number of nitrogens with zero attached hydrogens (tertiary/aromatic N) is 6. The fourth-order valence-electron chi connectivity index (χ4n) is 4.68. The lowest BCUT2D eigenvalue weighted by molar-refractivity contribution is 0.141. The van der Waals surface area contributed by atoms with Gasteiger partial charge >= 0.3 is 0 Å². The van der Waals surface area contributed by atoms with E-state index in [1.54, 1.807) is 18.3 Å². The van der Waals surface area contributed by atoms with Crippen molar-refractivity contribution in [2.45, 2.75) is 25.0 Å². The van der Waals surface area contributed by atoms with Crippen LogP contribution in [0.5, 0.6) is 0 Å². The van der Waals surface area contributed by atoms with Gasteiger partial charge in [0.1, 0.15) is 23.1 Å². The monoisotopic (exact) mass is 430 g/mol. The predicted octanol–water partition coefficient (Wildman–Crippen LogP) is 3.45. The number of pyridine rings is 1. The third kappa shape index (κ3) is 3.27. The van der Waals surface area contributed by atoms with E-state index in [0.29, 0.717) is 13.1 Å². The van der Waals surface area contributed by atoms with Crippen molar-refractivity contribution in [3.8, 4) is 11.4 Å². The Kier molecular flexibility index (Phi) is 4.53. The van der Waals surface area contributed by atoms with E-state index in [1.807, 2.05) is 45.8 Å². The predicted molar refractivity (Wildman–Crippen MR) is 120 cm³/mol. The summed E-state index contributed by atoms with van der Waals surface area (Å²) < 4.78 is 15.7. The molecule has 5 heterocycles. The molecule has 2 aliphatic heterocycles. The highest BCUT2D eigenvalue weighted by Gasteiger charge is 2.28. The first-order valence-corrected chi connectivity index (χ1v) is 10.9. The van der Waals surface area contributed by atoms with Crippen LogP contribution in [-0.2, 0) is 0 Å². The smallest absolute Gasteiger partial charge is 0.154 e. The van der Waals surface area contributed by atoms with Crippen molar-refractivity contribution in [3.05, 3.63) is 72.2 Å². The van der Waals surface area contributed by atoms with E-state index >= 15 is 0 Å². The molecule has 8 heteroatoms. The molecule has 32 heavy (non-hydrogen) atoms. The van der Waals surface area contributed by atoms with Gasteiger partial charge in [-0.05, 0) is 54.8 Å². The van der Waals surface area contributed by atoms with Crippen molar-refractivity contribution in [2.75, 3.05) is 29.4 Å². The molecular formula is C24H23FN6O. The number of imidazole rings is 1. The lowest BCUT2D eigenvalue weighted by Crippen LogP contribution is -2.51. The molecule has 0 bridgehead atoms. The highest BCUT2D eigenvalue weighted by atomic mass is 19.1. The number of rotatable bonds is 4. The maximum atomic E-state index is 13.8. The van der Waals surface area contributed by atoms with Gasteiger partial charge in [-0.1, -0.05) is 18.2 Å². The van der Waals surface area contributed by atoms with Crippen LogP contribution in [0.3, 0.4) is 0 Å². The van der Waals surface area contributed by atoms with Gasteiger partial charge in [-0.3, -0.25) is 0 Å². The molecule has 0 radical (unpaired) electrons. The Bertz CT molecular complexity index is 1280. The van der Waals surface area contributed by atoms with Gasteiger partial charge in [0.25, 0.3) is 0 Å². The Hall–Kier alpha value is -3.52. The average Bonchev–Trinajstić information content (AvgIpc) is 3.44. The number of anilines is 2. The van der Waals surface area contributed by atoms with Crippen molar-refractivity contribution in [1.82, 2.24) is 19.6 Å². The van der Waals surface area contributed by atoms with Crippen LogP contribution >= 0.6 is 0 Å². The second kappa shape index (κ2) is 7.56. The van der Waals surface area contributed by atoms with Gasteiger partial charge in [0, 0.05) is 19.6 Å². The summed E-state index contributed by atoms with van der Waals surface area (Å²) in [7, 11) is 0. The lowest BCUT2D eigenvalue weighted by atomic mass is 10.0. The van der Waals surface area contributed by atoms with Crippen molar-refractivity contribution in [1.29, 1.82) is 0 Å².